The molecule has 1 amide bonds. The van der Waals surface area contributed by atoms with Crippen molar-refractivity contribution in [3.8, 4) is 0 Å². The highest BCUT2D eigenvalue weighted by Gasteiger charge is 2.21. The minimum atomic E-state index is 0.157. The third-order valence-electron chi connectivity index (χ3n) is 4.58. The maximum absolute atomic E-state index is 12.2. The first-order chi connectivity index (χ1) is 9.66. The number of likely N-dealkylation sites (N-methyl/N-ethyl adjacent to an activating group) is 1. The van der Waals surface area contributed by atoms with Crippen LogP contribution in [0.15, 0.2) is 11.6 Å². The summed E-state index contributed by atoms with van der Waals surface area (Å²) in [5, 5.41) is 6.52. The van der Waals surface area contributed by atoms with Crippen LogP contribution in [-0.4, -0.2) is 49.6 Å². The highest BCUT2D eigenvalue weighted by Crippen LogP contribution is 2.20. The number of carbonyl (C=O) groups excluding carboxylic acids is 1. The molecule has 2 rings (SSSR count). The Bertz CT molecular complexity index is 348. The summed E-state index contributed by atoms with van der Waals surface area (Å²) >= 11 is 0. The van der Waals surface area contributed by atoms with Crippen LogP contribution in [0.4, 0.5) is 0 Å². The molecular weight excluding hydrogens is 250 g/mol. The van der Waals surface area contributed by atoms with Crippen molar-refractivity contribution in [1.82, 2.24) is 15.5 Å². The number of rotatable bonds is 5. The lowest BCUT2D eigenvalue weighted by atomic mass is 9.95. The monoisotopic (exact) mass is 279 g/mol. The number of carbonyl (C=O) groups is 1. The second-order valence-electron chi connectivity index (χ2n) is 6.21. The molecule has 2 N–H and O–H groups in total. The van der Waals surface area contributed by atoms with Crippen LogP contribution in [0, 0.1) is 0 Å². The first-order valence-corrected chi connectivity index (χ1v) is 8.06. The van der Waals surface area contributed by atoms with Crippen molar-refractivity contribution in [1.29, 1.82) is 0 Å². The second kappa shape index (κ2) is 7.79. The predicted molar refractivity (Wildman–Crippen MR) is 82.7 cm³/mol. The van der Waals surface area contributed by atoms with Crippen LogP contribution < -0.4 is 10.6 Å². The van der Waals surface area contributed by atoms with Gasteiger partial charge in [-0.25, -0.2) is 0 Å². The summed E-state index contributed by atoms with van der Waals surface area (Å²) < 4.78 is 0. The molecule has 0 aromatic carbocycles. The van der Waals surface area contributed by atoms with Gasteiger partial charge in [0.15, 0.2) is 0 Å². The second-order valence-corrected chi connectivity index (χ2v) is 6.21. The summed E-state index contributed by atoms with van der Waals surface area (Å²) in [7, 11) is 2.07. The summed E-state index contributed by atoms with van der Waals surface area (Å²) in [4.78, 5) is 14.4. The van der Waals surface area contributed by atoms with Gasteiger partial charge in [-0.15, -0.1) is 0 Å². The van der Waals surface area contributed by atoms with Gasteiger partial charge in [-0.2, -0.15) is 0 Å². The molecule has 4 nitrogen and oxygen atoms in total. The highest BCUT2D eigenvalue weighted by atomic mass is 16.2. The zero-order valence-corrected chi connectivity index (χ0v) is 13.0. The van der Waals surface area contributed by atoms with E-state index >= 15 is 0 Å². The first-order valence-electron chi connectivity index (χ1n) is 8.06. The predicted octanol–water partition coefficient (Wildman–Crippen LogP) is 1.68. The highest BCUT2D eigenvalue weighted by molar-refractivity contribution is 5.78. The molecule has 0 saturated carbocycles. The van der Waals surface area contributed by atoms with Crippen molar-refractivity contribution in [2.24, 2.45) is 0 Å². The van der Waals surface area contributed by atoms with Gasteiger partial charge < -0.3 is 10.6 Å². The molecule has 0 bridgehead atoms. The summed E-state index contributed by atoms with van der Waals surface area (Å²) in [5.41, 5.74) is 1.41. The van der Waals surface area contributed by atoms with E-state index in [1.54, 1.807) is 0 Å². The lowest BCUT2D eigenvalue weighted by Crippen LogP contribution is -2.47. The van der Waals surface area contributed by atoms with Crippen LogP contribution in [0.2, 0.25) is 0 Å². The van der Waals surface area contributed by atoms with E-state index in [0.29, 0.717) is 12.6 Å². The number of hydrogen-bond donors (Lipinski definition) is 2. The number of hydrogen-bond acceptors (Lipinski definition) is 3. The number of allylic oxidation sites excluding steroid dienone is 1. The summed E-state index contributed by atoms with van der Waals surface area (Å²) in [5.74, 6) is 0.157. The van der Waals surface area contributed by atoms with Crippen LogP contribution in [-0.2, 0) is 4.79 Å². The standard InChI is InChI=1S/C16H29N3O/c1-13(14-6-4-3-5-7-14)18-16(20)12-19(2)15-8-10-17-11-9-15/h6,13,15,17H,3-5,7-12H2,1-2H3,(H,18,20)/t13-/m1/s1. The molecule has 1 fully saturated rings. The van der Waals surface area contributed by atoms with Gasteiger partial charge in [0.2, 0.25) is 5.91 Å². The molecule has 20 heavy (non-hydrogen) atoms. The third kappa shape index (κ3) is 4.60. The molecule has 0 spiro atoms. The molecule has 1 aliphatic carbocycles. The van der Waals surface area contributed by atoms with E-state index in [9.17, 15) is 4.79 Å². The van der Waals surface area contributed by atoms with Crippen molar-refractivity contribution in [3.63, 3.8) is 0 Å². The lowest BCUT2D eigenvalue weighted by molar-refractivity contribution is -0.122. The van der Waals surface area contributed by atoms with E-state index in [2.05, 4.69) is 35.6 Å². The van der Waals surface area contributed by atoms with E-state index in [4.69, 9.17) is 0 Å². The molecule has 0 aromatic rings. The molecule has 0 unspecified atom stereocenters. The van der Waals surface area contributed by atoms with E-state index < -0.39 is 0 Å². The topological polar surface area (TPSA) is 44.4 Å². The van der Waals surface area contributed by atoms with Crippen molar-refractivity contribution in [2.75, 3.05) is 26.7 Å². The summed E-state index contributed by atoms with van der Waals surface area (Å²) in [6.07, 6.45) is 9.47. The Hall–Kier alpha value is -0.870. The Labute approximate surface area is 123 Å². The molecule has 1 heterocycles. The molecular formula is C16H29N3O. The Balaban J connectivity index is 1.75. The van der Waals surface area contributed by atoms with Gasteiger partial charge in [0.1, 0.15) is 0 Å². The fraction of sp³-hybridized carbons (Fsp3) is 0.812. The maximum Gasteiger partial charge on any atom is 0.234 e. The van der Waals surface area contributed by atoms with E-state index in [1.165, 1.54) is 24.8 Å². The number of nitrogens with zero attached hydrogens (tertiary/aromatic N) is 1. The Morgan fingerprint density at radius 1 is 1.45 bits per heavy atom. The van der Waals surface area contributed by atoms with E-state index in [1.807, 2.05) is 0 Å². The van der Waals surface area contributed by atoms with Gasteiger partial charge in [0.25, 0.3) is 0 Å². The fourth-order valence-electron chi connectivity index (χ4n) is 3.24. The van der Waals surface area contributed by atoms with Crippen molar-refractivity contribution < 1.29 is 4.79 Å². The molecule has 0 aromatic heterocycles. The van der Waals surface area contributed by atoms with E-state index in [0.717, 1.165) is 32.4 Å². The smallest absolute Gasteiger partial charge is 0.234 e. The number of piperidine rings is 1. The van der Waals surface area contributed by atoms with Gasteiger partial charge in [-0.1, -0.05) is 11.6 Å². The SMILES string of the molecule is C[C@@H](NC(=O)CN(C)C1CCNCC1)C1=CCCCC1. The molecule has 0 radical (unpaired) electrons. The number of nitrogens with one attached hydrogen (secondary N) is 2. The minimum Gasteiger partial charge on any atom is -0.349 e. The minimum absolute atomic E-state index is 0.157. The Kier molecular flexibility index (Phi) is 6.05. The van der Waals surface area contributed by atoms with Crippen LogP contribution in [0.25, 0.3) is 0 Å². The van der Waals surface area contributed by atoms with Crippen molar-refractivity contribution >= 4 is 5.91 Å². The van der Waals surface area contributed by atoms with Crippen LogP contribution in [0.3, 0.4) is 0 Å². The molecule has 1 saturated heterocycles. The zero-order valence-electron chi connectivity index (χ0n) is 13.0. The molecule has 1 atom stereocenters. The summed E-state index contributed by atoms with van der Waals surface area (Å²) in [6.45, 7) is 4.77. The first kappa shape index (κ1) is 15.5. The van der Waals surface area contributed by atoms with Crippen molar-refractivity contribution in [3.05, 3.63) is 11.6 Å². The average molecular weight is 279 g/mol. The fourth-order valence-corrected chi connectivity index (χ4v) is 3.24. The van der Waals surface area contributed by atoms with E-state index in [-0.39, 0.29) is 11.9 Å². The molecule has 114 valence electrons. The molecule has 4 heteroatoms. The molecule has 2 aliphatic rings. The van der Waals surface area contributed by atoms with Gasteiger partial charge in [-0.05, 0) is 65.6 Å². The van der Waals surface area contributed by atoms with Gasteiger partial charge in [0.05, 0.1) is 6.54 Å². The van der Waals surface area contributed by atoms with Crippen LogP contribution in [0.1, 0.15) is 45.4 Å². The summed E-state index contributed by atoms with van der Waals surface area (Å²) in [6, 6.07) is 0.746. The van der Waals surface area contributed by atoms with Gasteiger partial charge >= 0.3 is 0 Å². The largest absolute Gasteiger partial charge is 0.349 e. The van der Waals surface area contributed by atoms with Crippen LogP contribution >= 0.6 is 0 Å². The average Bonchev–Trinajstić information content (AvgIpc) is 2.49. The quantitative estimate of drug-likeness (QED) is 0.753. The van der Waals surface area contributed by atoms with Gasteiger partial charge in [0, 0.05) is 12.1 Å². The lowest BCUT2D eigenvalue weighted by Gasteiger charge is -2.31. The van der Waals surface area contributed by atoms with Crippen LogP contribution in [0.5, 0.6) is 0 Å². The third-order valence-corrected chi connectivity index (χ3v) is 4.58. The normalized spacial score (nSPS) is 22.4. The Morgan fingerprint density at radius 3 is 2.85 bits per heavy atom. The maximum atomic E-state index is 12.2. The Morgan fingerprint density at radius 2 is 2.20 bits per heavy atom. The van der Waals surface area contributed by atoms with Crippen molar-refractivity contribution in [2.45, 2.75) is 57.5 Å². The number of amides is 1. The molecule has 1 aliphatic heterocycles. The van der Waals surface area contributed by atoms with Gasteiger partial charge in [-0.3, -0.25) is 9.69 Å². The zero-order chi connectivity index (χ0) is 14.4.